The maximum Gasteiger partial charge on any atom is -0.0125 e. The van der Waals surface area contributed by atoms with Crippen LogP contribution in [-0.2, 0) is 0 Å². The molecule has 3 atom stereocenters. The molecule has 2 aliphatic carbocycles. The third-order valence-electron chi connectivity index (χ3n) is 4.19. The van der Waals surface area contributed by atoms with Gasteiger partial charge in [-0.1, -0.05) is 25.1 Å². The number of hydrogen-bond donors (Lipinski definition) is 0. The summed E-state index contributed by atoms with van der Waals surface area (Å²) in [4.78, 5) is 0. The molecule has 0 nitrogen and oxygen atoms in total. The molecular weight excluding hydrogens is 175 g/mol. The van der Waals surface area contributed by atoms with Gasteiger partial charge >= 0.3 is 0 Å². The molecule has 14 heavy (non-hydrogen) atoms. The number of rotatable bonds is 0. The lowest BCUT2D eigenvalue weighted by atomic mass is 9.89. The van der Waals surface area contributed by atoms with E-state index in [1.54, 1.807) is 11.1 Å². The molecule has 1 fully saturated rings. The Morgan fingerprint density at radius 3 is 2.57 bits per heavy atom. The van der Waals surface area contributed by atoms with Crippen molar-refractivity contribution in [3.63, 3.8) is 0 Å². The zero-order valence-electron chi connectivity index (χ0n) is 8.79. The van der Waals surface area contributed by atoms with Crippen LogP contribution in [0.2, 0.25) is 0 Å². The summed E-state index contributed by atoms with van der Waals surface area (Å²) < 4.78 is 0. The van der Waals surface area contributed by atoms with Crippen molar-refractivity contribution in [2.24, 2.45) is 5.92 Å². The predicted octanol–water partition coefficient (Wildman–Crippen LogP) is 3.76. The van der Waals surface area contributed by atoms with Gasteiger partial charge in [-0.25, -0.2) is 0 Å². The van der Waals surface area contributed by atoms with E-state index in [1.807, 2.05) is 0 Å². The summed E-state index contributed by atoms with van der Waals surface area (Å²) >= 11 is 0. The van der Waals surface area contributed by atoms with Crippen molar-refractivity contribution in [2.75, 3.05) is 0 Å². The lowest BCUT2D eigenvalue weighted by molar-refractivity contribution is 0.531. The summed E-state index contributed by atoms with van der Waals surface area (Å²) in [7, 11) is 0. The van der Waals surface area contributed by atoms with Gasteiger partial charge in [0.15, 0.2) is 0 Å². The van der Waals surface area contributed by atoms with Crippen molar-refractivity contribution >= 4 is 0 Å². The molecule has 0 N–H and O–H groups in total. The molecule has 1 aromatic carbocycles. The van der Waals surface area contributed by atoms with Crippen molar-refractivity contribution in [3.05, 3.63) is 34.9 Å². The van der Waals surface area contributed by atoms with Crippen LogP contribution in [-0.4, -0.2) is 0 Å². The molecule has 2 bridgehead atoms. The molecule has 0 saturated heterocycles. The quantitative estimate of drug-likeness (QED) is 0.587. The first-order valence-corrected chi connectivity index (χ1v) is 5.38. The highest BCUT2D eigenvalue weighted by atomic mass is 19.0. The Hall–Kier alpha value is -0.850. The van der Waals surface area contributed by atoms with Gasteiger partial charge < -0.3 is 0 Å². The van der Waals surface area contributed by atoms with Gasteiger partial charge in [0, 0.05) is 0 Å². The minimum atomic E-state index is 0. The first-order chi connectivity index (χ1) is 6.29. The van der Waals surface area contributed by atoms with E-state index in [1.165, 1.54) is 18.4 Å². The topological polar surface area (TPSA) is 0 Å². The maximum atomic E-state index is 2.43. The zero-order valence-corrected chi connectivity index (χ0v) is 8.79. The Balaban J connectivity index is 0.000000750. The van der Waals surface area contributed by atoms with Crippen molar-refractivity contribution < 1.29 is 4.70 Å². The molecular formula is C13H17F. The Labute approximate surface area is 84.7 Å². The van der Waals surface area contributed by atoms with E-state index in [2.05, 4.69) is 32.0 Å². The fourth-order valence-corrected chi connectivity index (χ4v) is 3.54. The third-order valence-corrected chi connectivity index (χ3v) is 4.19. The van der Waals surface area contributed by atoms with Crippen LogP contribution < -0.4 is 0 Å². The average Bonchev–Trinajstić information content (AvgIpc) is 2.61. The molecule has 0 radical (unpaired) electrons. The number of fused-ring (bicyclic) bond motifs is 5. The Morgan fingerprint density at radius 1 is 1.14 bits per heavy atom. The minimum Gasteiger partial charge on any atom is -0.269 e. The van der Waals surface area contributed by atoms with Crippen LogP contribution in [0.3, 0.4) is 0 Å². The van der Waals surface area contributed by atoms with Crippen LogP contribution in [0, 0.1) is 12.8 Å². The lowest BCUT2D eigenvalue weighted by Crippen LogP contribution is -1.99. The molecule has 0 spiro atoms. The van der Waals surface area contributed by atoms with Crippen LogP contribution >= 0.6 is 0 Å². The van der Waals surface area contributed by atoms with Gasteiger partial charge in [-0.3, -0.25) is 4.70 Å². The first-order valence-electron chi connectivity index (χ1n) is 5.38. The number of hydrogen-bond acceptors (Lipinski definition) is 0. The van der Waals surface area contributed by atoms with Gasteiger partial charge in [0.05, 0.1) is 0 Å². The molecule has 3 unspecified atom stereocenters. The average molecular weight is 192 g/mol. The van der Waals surface area contributed by atoms with E-state index in [9.17, 15) is 0 Å². The van der Waals surface area contributed by atoms with Crippen molar-refractivity contribution in [1.82, 2.24) is 0 Å². The van der Waals surface area contributed by atoms with E-state index in [0.717, 1.165) is 17.8 Å². The highest BCUT2D eigenvalue weighted by Crippen LogP contribution is 2.57. The van der Waals surface area contributed by atoms with Gasteiger partial charge in [-0.2, -0.15) is 0 Å². The summed E-state index contributed by atoms with van der Waals surface area (Å²) in [6, 6.07) is 6.84. The van der Waals surface area contributed by atoms with Crippen LogP contribution in [0.1, 0.15) is 48.3 Å². The molecule has 1 heteroatoms. The fraction of sp³-hybridized carbons (Fsp3) is 0.538. The molecule has 0 aromatic heterocycles. The second kappa shape index (κ2) is 3.08. The van der Waals surface area contributed by atoms with E-state index < -0.39 is 0 Å². The fourth-order valence-electron chi connectivity index (χ4n) is 3.54. The van der Waals surface area contributed by atoms with Gasteiger partial charge in [-0.15, -0.1) is 0 Å². The van der Waals surface area contributed by atoms with Crippen molar-refractivity contribution in [2.45, 2.75) is 38.5 Å². The zero-order chi connectivity index (χ0) is 9.00. The van der Waals surface area contributed by atoms with E-state index in [0.29, 0.717) is 0 Å². The number of aryl methyl sites for hydroxylation is 1. The molecule has 1 saturated carbocycles. The summed E-state index contributed by atoms with van der Waals surface area (Å²) in [6.45, 7) is 4.70. The smallest absolute Gasteiger partial charge is 0.0125 e. The molecule has 3 rings (SSSR count). The molecule has 2 aliphatic rings. The van der Waals surface area contributed by atoms with Crippen LogP contribution in [0.25, 0.3) is 0 Å². The first kappa shape index (κ1) is 9.70. The van der Waals surface area contributed by atoms with Gasteiger partial charge in [0.25, 0.3) is 0 Å². The molecule has 0 amide bonds. The minimum absolute atomic E-state index is 0. The summed E-state index contributed by atoms with van der Waals surface area (Å²) in [5.74, 6) is 2.69. The van der Waals surface area contributed by atoms with E-state index in [4.69, 9.17) is 0 Å². The predicted molar refractivity (Wildman–Crippen MR) is 57.6 cm³/mol. The van der Waals surface area contributed by atoms with Crippen LogP contribution in [0.5, 0.6) is 0 Å². The van der Waals surface area contributed by atoms with Crippen LogP contribution in [0.4, 0.5) is 4.70 Å². The van der Waals surface area contributed by atoms with Gasteiger partial charge in [0.2, 0.25) is 0 Å². The normalized spacial score (nSPS) is 32.6. The van der Waals surface area contributed by atoms with E-state index >= 15 is 0 Å². The largest absolute Gasteiger partial charge is 0.269 e. The Kier molecular flexibility index (Phi) is 2.13. The van der Waals surface area contributed by atoms with Crippen molar-refractivity contribution in [3.8, 4) is 0 Å². The molecule has 76 valence electrons. The summed E-state index contributed by atoms with van der Waals surface area (Å²) in [5, 5.41) is 0. The summed E-state index contributed by atoms with van der Waals surface area (Å²) in [5.41, 5.74) is 4.89. The second-order valence-corrected chi connectivity index (χ2v) is 4.73. The number of benzene rings is 1. The lowest BCUT2D eigenvalue weighted by Gasteiger charge is -2.16. The monoisotopic (exact) mass is 192 g/mol. The highest BCUT2D eigenvalue weighted by molar-refractivity contribution is 5.46. The highest BCUT2D eigenvalue weighted by Gasteiger charge is 2.43. The van der Waals surface area contributed by atoms with Gasteiger partial charge in [0.1, 0.15) is 0 Å². The van der Waals surface area contributed by atoms with Crippen molar-refractivity contribution in [1.29, 1.82) is 0 Å². The SMILES string of the molecule is Cc1cccc2c1C1CCC2C1C.F. The third kappa shape index (κ3) is 0.985. The molecule has 0 heterocycles. The maximum absolute atomic E-state index is 2.43. The molecule has 1 aromatic rings. The standard InChI is InChI=1S/C13H16.FH/c1-8-4-3-5-12-10-6-7-11(9(10)2)13(8)12;/h3-5,9-11H,6-7H2,1-2H3;1H. The Morgan fingerprint density at radius 2 is 1.86 bits per heavy atom. The van der Waals surface area contributed by atoms with E-state index in [-0.39, 0.29) is 4.70 Å². The van der Waals surface area contributed by atoms with Crippen LogP contribution in [0.15, 0.2) is 18.2 Å². The van der Waals surface area contributed by atoms with Gasteiger partial charge in [-0.05, 0) is 54.2 Å². The molecule has 0 aliphatic heterocycles. The summed E-state index contributed by atoms with van der Waals surface area (Å²) in [6.07, 6.45) is 2.87. The Bertz CT molecular complexity index is 356. The number of halogens is 1. The second-order valence-electron chi connectivity index (χ2n) is 4.73.